The molecule has 0 amide bonds. The Hall–Kier alpha value is -2.96. The fourth-order valence-corrected chi connectivity index (χ4v) is 5.36. The molecular weight excluding hydrogens is 446 g/mol. The van der Waals surface area contributed by atoms with Gasteiger partial charge in [-0.25, -0.2) is 0 Å². The van der Waals surface area contributed by atoms with Crippen molar-refractivity contribution >= 4 is 39.6 Å². The summed E-state index contributed by atoms with van der Waals surface area (Å²) >= 11 is 6.74. The highest BCUT2D eigenvalue weighted by Crippen LogP contribution is 2.36. The summed E-state index contributed by atoms with van der Waals surface area (Å²) in [5, 5.41) is 5.52. The van der Waals surface area contributed by atoms with Gasteiger partial charge in [-0.15, -0.1) is 0 Å². The van der Waals surface area contributed by atoms with E-state index in [4.69, 9.17) is 21.3 Å². The number of aromatic amines is 1. The van der Waals surface area contributed by atoms with Gasteiger partial charge in [0, 0.05) is 65.8 Å². The summed E-state index contributed by atoms with van der Waals surface area (Å²) in [6.07, 6.45) is 9.02. The fourth-order valence-electron chi connectivity index (χ4n) is 5.08. The predicted octanol–water partition coefficient (Wildman–Crippen LogP) is 5.24. The zero-order valence-corrected chi connectivity index (χ0v) is 20.2. The van der Waals surface area contributed by atoms with Crippen LogP contribution in [0.25, 0.3) is 10.9 Å². The third-order valence-electron chi connectivity index (χ3n) is 7.10. The van der Waals surface area contributed by atoms with Gasteiger partial charge in [-0.1, -0.05) is 29.8 Å². The van der Waals surface area contributed by atoms with Gasteiger partial charge in [0.25, 0.3) is 0 Å². The number of nitrogens with one attached hydrogen (secondary N) is 2. The van der Waals surface area contributed by atoms with E-state index in [1.165, 1.54) is 31.4 Å². The number of piperidine rings is 1. The van der Waals surface area contributed by atoms with Gasteiger partial charge in [-0.05, 0) is 43.9 Å². The Labute approximate surface area is 205 Å². The molecule has 1 saturated heterocycles. The van der Waals surface area contributed by atoms with Crippen LogP contribution in [-0.4, -0.2) is 49.6 Å². The van der Waals surface area contributed by atoms with Crippen LogP contribution in [0, 0.1) is 0 Å². The minimum absolute atomic E-state index is 0.485. The molecule has 0 radical (unpaired) electrons. The standard InChI is InChI=1S/C27H30ClN5O/c1-34-26-14-20(32-12-10-19(11-13-32)31-18-6-7-18)8-9-25(26)33-16-23(28)27(30-17-33)22-15-29-24-5-3-2-4-21(22)24/h2-5,8-9,14-16,18-19,29,31H,6-7,10-13,17H2,1H3. The van der Waals surface area contributed by atoms with Crippen molar-refractivity contribution in [3.05, 3.63) is 65.5 Å². The Morgan fingerprint density at radius 3 is 2.62 bits per heavy atom. The first-order valence-electron chi connectivity index (χ1n) is 12.1. The van der Waals surface area contributed by atoms with Crippen LogP contribution in [-0.2, 0) is 0 Å². The van der Waals surface area contributed by atoms with Gasteiger partial charge >= 0.3 is 0 Å². The van der Waals surface area contributed by atoms with E-state index in [0.29, 0.717) is 17.7 Å². The molecule has 0 spiro atoms. The second-order valence-corrected chi connectivity index (χ2v) is 9.81. The van der Waals surface area contributed by atoms with Crippen molar-refractivity contribution in [2.45, 2.75) is 37.8 Å². The zero-order valence-electron chi connectivity index (χ0n) is 19.4. The molecule has 2 aliphatic heterocycles. The van der Waals surface area contributed by atoms with E-state index in [0.717, 1.165) is 52.7 Å². The molecule has 0 atom stereocenters. The van der Waals surface area contributed by atoms with Crippen molar-refractivity contribution in [2.75, 3.05) is 36.7 Å². The lowest BCUT2D eigenvalue weighted by molar-refractivity contribution is 0.408. The first-order chi connectivity index (χ1) is 16.7. The highest BCUT2D eigenvalue weighted by molar-refractivity contribution is 6.47. The SMILES string of the molecule is COc1cc(N2CCC(NC3CC3)CC2)ccc1N1C=C(Cl)C(c2c[nH]c3ccccc23)=NC1. The number of hydrogen-bond acceptors (Lipinski definition) is 5. The molecule has 6 nitrogen and oxygen atoms in total. The number of allylic oxidation sites excluding steroid dienone is 1. The number of rotatable bonds is 6. The molecule has 1 saturated carbocycles. The molecular formula is C27H30ClN5O. The Bertz CT molecular complexity index is 1250. The van der Waals surface area contributed by atoms with Gasteiger partial charge in [0.15, 0.2) is 0 Å². The highest BCUT2D eigenvalue weighted by atomic mass is 35.5. The van der Waals surface area contributed by atoms with Crippen molar-refractivity contribution in [2.24, 2.45) is 4.99 Å². The molecule has 3 aliphatic rings. The molecule has 3 aromatic rings. The van der Waals surface area contributed by atoms with Gasteiger partial charge in [0.2, 0.25) is 0 Å². The molecule has 6 rings (SSSR count). The Balaban J connectivity index is 1.19. The summed E-state index contributed by atoms with van der Waals surface area (Å²) in [6, 6.07) is 16.1. The number of aliphatic imine (C=N–C) groups is 1. The molecule has 176 valence electrons. The quantitative estimate of drug-likeness (QED) is 0.511. The summed E-state index contributed by atoms with van der Waals surface area (Å²) in [6.45, 7) is 2.63. The maximum Gasteiger partial charge on any atom is 0.144 e. The van der Waals surface area contributed by atoms with Crippen LogP contribution in [0.1, 0.15) is 31.2 Å². The maximum absolute atomic E-state index is 6.74. The molecule has 34 heavy (non-hydrogen) atoms. The summed E-state index contributed by atoms with van der Waals surface area (Å²) < 4.78 is 5.80. The number of H-pyrrole nitrogens is 1. The summed E-state index contributed by atoms with van der Waals surface area (Å²) in [5.41, 5.74) is 5.10. The van der Waals surface area contributed by atoms with Crippen molar-refractivity contribution in [3.8, 4) is 5.75 Å². The topological polar surface area (TPSA) is 55.9 Å². The predicted molar refractivity (Wildman–Crippen MR) is 141 cm³/mol. The second-order valence-electron chi connectivity index (χ2n) is 9.40. The number of methoxy groups -OCH3 is 1. The Morgan fingerprint density at radius 1 is 1.06 bits per heavy atom. The van der Waals surface area contributed by atoms with Crippen molar-refractivity contribution in [1.29, 1.82) is 0 Å². The van der Waals surface area contributed by atoms with E-state index >= 15 is 0 Å². The van der Waals surface area contributed by atoms with E-state index in [-0.39, 0.29) is 0 Å². The van der Waals surface area contributed by atoms with E-state index in [2.05, 4.69) is 50.4 Å². The first kappa shape index (κ1) is 21.6. The lowest BCUT2D eigenvalue weighted by Gasteiger charge is -2.35. The molecule has 1 aromatic heterocycles. The van der Waals surface area contributed by atoms with Crippen LogP contribution in [0.4, 0.5) is 11.4 Å². The second kappa shape index (κ2) is 9.01. The Kier molecular flexibility index (Phi) is 5.71. The van der Waals surface area contributed by atoms with Gasteiger partial charge in [0.1, 0.15) is 12.4 Å². The minimum atomic E-state index is 0.485. The van der Waals surface area contributed by atoms with Gasteiger partial charge in [-0.3, -0.25) is 4.99 Å². The summed E-state index contributed by atoms with van der Waals surface area (Å²) in [7, 11) is 1.73. The van der Waals surface area contributed by atoms with E-state index in [9.17, 15) is 0 Å². The van der Waals surface area contributed by atoms with Crippen molar-refractivity contribution < 1.29 is 4.74 Å². The molecule has 7 heteroatoms. The molecule has 0 unspecified atom stereocenters. The number of halogens is 1. The van der Waals surface area contributed by atoms with Gasteiger partial charge < -0.3 is 24.8 Å². The van der Waals surface area contributed by atoms with Crippen LogP contribution < -0.4 is 19.9 Å². The largest absolute Gasteiger partial charge is 0.494 e. The van der Waals surface area contributed by atoms with Gasteiger partial charge in [0.05, 0.1) is 23.5 Å². The molecule has 3 heterocycles. The third-order valence-corrected chi connectivity index (χ3v) is 7.38. The first-order valence-corrected chi connectivity index (χ1v) is 12.5. The van der Waals surface area contributed by atoms with Crippen LogP contribution >= 0.6 is 11.6 Å². The molecule has 2 N–H and O–H groups in total. The number of nitrogens with zero attached hydrogens (tertiary/aromatic N) is 3. The smallest absolute Gasteiger partial charge is 0.144 e. The van der Waals surface area contributed by atoms with E-state index in [1.54, 1.807) is 7.11 Å². The monoisotopic (exact) mass is 475 g/mol. The number of para-hydroxylation sites is 1. The number of hydrogen-bond donors (Lipinski definition) is 2. The lowest BCUT2D eigenvalue weighted by Crippen LogP contribution is -2.43. The van der Waals surface area contributed by atoms with Crippen molar-refractivity contribution in [1.82, 2.24) is 10.3 Å². The summed E-state index contributed by atoms with van der Waals surface area (Å²) in [5.74, 6) is 0.835. The molecule has 2 fully saturated rings. The average Bonchev–Trinajstić information content (AvgIpc) is 3.59. The molecule has 1 aliphatic carbocycles. The third kappa shape index (κ3) is 4.17. The number of anilines is 2. The van der Waals surface area contributed by atoms with E-state index in [1.807, 2.05) is 24.5 Å². The number of benzene rings is 2. The Morgan fingerprint density at radius 2 is 1.85 bits per heavy atom. The lowest BCUT2D eigenvalue weighted by atomic mass is 10.0. The van der Waals surface area contributed by atoms with Crippen LogP contribution in [0.5, 0.6) is 5.75 Å². The van der Waals surface area contributed by atoms with Crippen LogP contribution in [0.15, 0.2) is 64.9 Å². The highest BCUT2D eigenvalue weighted by Gasteiger charge is 2.28. The summed E-state index contributed by atoms with van der Waals surface area (Å²) in [4.78, 5) is 12.7. The van der Waals surface area contributed by atoms with Gasteiger partial charge in [-0.2, -0.15) is 0 Å². The molecule has 0 bridgehead atoms. The molecule has 2 aromatic carbocycles. The number of aromatic nitrogens is 1. The minimum Gasteiger partial charge on any atom is -0.494 e. The fraction of sp³-hybridized carbons (Fsp3) is 0.370. The zero-order chi connectivity index (χ0) is 23.1. The average molecular weight is 476 g/mol. The number of ether oxygens (including phenoxy) is 1. The van der Waals surface area contributed by atoms with E-state index < -0.39 is 0 Å². The number of fused-ring (bicyclic) bond motifs is 1. The maximum atomic E-state index is 6.74. The van der Waals surface area contributed by atoms with Crippen LogP contribution in [0.2, 0.25) is 0 Å². The van der Waals surface area contributed by atoms with Crippen LogP contribution in [0.3, 0.4) is 0 Å². The van der Waals surface area contributed by atoms with Crippen molar-refractivity contribution in [3.63, 3.8) is 0 Å². The normalized spacial score (nSPS) is 19.4.